The Morgan fingerprint density at radius 3 is 2.30 bits per heavy atom. The number of carbonyl (C=O) groups is 2. The van der Waals surface area contributed by atoms with Gasteiger partial charge in [0.05, 0.1) is 30.2 Å². The van der Waals surface area contributed by atoms with Crippen LogP contribution in [-0.4, -0.2) is 41.8 Å². The zero-order chi connectivity index (χ0) is 26.5. The van der Waals surface area contributed by atoms with Crippen molar-refractivity contribution in [1.82, 2.24) is 5.32 Å². The van der Waals surface area contributed by atoms with Crippen molar-refractivity contribution in [3.8, 4) is 5.75 Å². The Balaban J connectivity index is 0.000000414. The third-order valence-electron chi connectivity index (χ3n) is 6.95. The molecule has 0 amide bonds. The van der Waals surface area contributed by atoms with Crippen LogP contribution in [0, 0.1) is 5.92 Å². The maximum Gasteiger partial charge on any atom is 0.303 e. The molecule has 2 aromatic rings. The maximum atomic E-state index is 9.64. The van der Waals surface area contributed by atoms with E-state index < -0.39 is 11.9 Å². The van der Waals surface area contributed by atoms with E-state index in [1.165, 1.54) is 55.2 Å². The van der Waals surface area contributed by atoms with Crippen molar-refractivity contribution < 1.29 is 24.5 Å². The summed E-state index contributed by atoms with van der Waals surface area (Å²) in [7, 11) is 0. The fourth-order valence-electron chi connectivity index (χ4n) is 4.86. The number of fused-ring (bicyclic) bond motifs is 1. The highest BCUT2D eigenvalue weighted by Crippen LogP contribution is 2.31. The van der Waals surface area contributed by atoms with Crippen LogP contribution in [0.1, 0.15) is 68.1 Å². The molecular formula is C29H39ClN2O5. The van der Waals surface area contributed by atoms with Crippen molar-refractivity contribution in [3.63, 3.8) is 0 Å². The maximum absolute atomic E-state index is 9.64. The second-order valence-electron chi connectivity index (χ2n) is 9.74. The number of carboxylic acid groups (broad SMARTS) is 2. The molecule has 1 saturated carbocycles. The summed E-state index contributed by atoms with van der Waals surface area (Å²) in [5.74, 6) is -0.310. The van der Waals surface area contributed by atoms with Crippen LogP contribution in [0.4, 0.5) is 5.69 Å². The van der Waals surface area contributed by atoms with Crippen LogP contribution in [0.2, 0.25) is 5.02 Å². The summed E-state index contributed by atoms with van der Waals surface area (Å²) < 4.78 is 5.99. The molecule has 0 aromatic heterocycles. The SMILES string of the molecule is Clc1ccc2c(c1NCc1ccc(OCCC3CCCCC3)cc1)CCNCC2.O=C(O)CCC(=O)O. The summed E-state index contributed by atoms with van der Waals surface area (Å²) in [4.78, 5) is 19.3. The molecule has 1 aliphatic carbocycles. The van der Waals surface area contributed by atoms with Crippen LogP contribution >= 0.6 is 11.6 Å². The minimum Gasteiger partial charge on any atom is -0.494 e. The summed E-state index contributed by atoms with van der Waals surface area (Å²) in [6.45, 7) is 3.65. The first-order chi connectivity index (χ1) is 17.9. The van der Waals surface area contributed by atoms with Gasteiger partial charge < -0.3 is 25.6 Å². The van der Waals surface area contributed by atoms with Gasteiger partial charge in [0.25, 0.3) is 0 Å². The number of halogens is 1. The minimum absolute atomic E-state index is 0.296. The monoisotopic (exact) mass is 530 g/mol. The molecule has 0 unspecified atom stereocenters. The van der Waals surface area contributed by atoms with E-state index in [1.807, 2.05) is 6.07 Å². The van der Waals surface area contributed by atoms with Crippen molar-refractivity contribution in [2.45, 2.75) is 70.8 Å². The van der Waals surface area contributed by atoms with Gasteiger partial charge in [-0.15, -0.1) is 0 Å². The van der Waals surface area contributed by atoms with Gasteiger partial charge in [-0.05, 0) is 73.2 Å². The van der Waals surface area contributed by atoms with E-state index in [-0.39, 0.29) is 12.8 Å². The molecule has 0 spiro atoms. The van der Waals surface area contributed by atoms with E-state index >= 15 is 0 Å². The molecule has 1 fully saturated rings. The summed E-state index contributed by atoms with van der Waals surface area (Å²) in [5, 5.41) is 23.7. The topological polar surface area (TPSA) is 108 Å². The van der Waals surface area contributed by atoms with E-state index in [2.05, 4.69) is 41.0 Å². The van der Waals surface area contributed by atoms with Crippen molar-refractivity contribution in [2.24, 2.45) is 5.92 Å². The molecule has 1 aliphatic heterocycles. The van der Waals surface area contributed by atoms with Crippen LogP contribution < -0.4 is 15.4 Å². The van der Waals surface area contributed by atoms with Gasteiger partial charge in [0.1, 0.15) is 5.75 Å². The van der Waals surface area contributed by atoms with Gasteiger partial charge >= 0.3 is 11.9 Å². The highest BCUT2D eigenvalue weighted by Gasteiger charge is 2.15. The Morgan fingerprint density at radius 2 is 1.62 bits per heavy atom. The van der Waals surface area contributed by atoms with E-state index in [4.69, 9.17) is 26.6 Å². The molecule has 4 N–H and O–H groups in total. The van der Waals surface area contributed by atoms with Crippen LogP contribution in [-0.2, 0) is 29.0 Å². The number of aliphatic carboxylic acids is 2. The number of nitrogens with one attached hydrogen (secondary N) is 2. The van der Waals surface area contributed by atoms with Gasteiger partial charge in [-0.25, -0.2) is 0 Å². The van der Waals surface area contributed by atoms with Gasteiger partial charge in [-0.1, -0.05) is 61.9 Å². The normalized spacial score (nSPS) is 15.5. The Hall–Kier alpha value is -2.77. The van der Waals surface area contributed by atoms with Gasteiger partial charge in [-0.3, -0.25) is 9.59 Å². The molecule has 8 heteroatoms. The van der Waals surface area contributed by atoms with Gasteiger partial charge in [0, 0.05) is 6.54 Å². The molecule has 0 bridgehead atoms. The molecule has 0 atom stereocenters. The first-order valence-electron chi connectivity index (χ1n) is 13.3. The van der Waals surface area contributed by atoms with Crippen LogP contribution in [0.5, 0.6) is 5.75 Å². The van der Waals surface area contributed by atoms with Crippen LogP contribution in [0.3, 0.4) is 0 Å². The van der Waals surface area contributed by atoms with Gasteiger partial charge in [0.2, 0.25) is 0 Å². The minimum atomic E-state index is -1.08. The molecule has 7 nitrogen and oxygen atoms in total. The number of ether oxygens (including phenoxy) is 1. The molecule has 37 heavy (non-hydrogen) atoms. The lowest BCUT2D eigenvalue weighted by atomic mass is 9.87. The molecule has 0 radical (unpaired) electrons. The number of hydrogen-bond acceptors (Lipinski definition) is 5. The Kier molecular flexibility index (Phi) is 12.0. The fourth-order valence-corrected chi connectivity index (χ4v) is 5.11. The van der Waals surface area contributed by atoms with Gasteiger partial charge in [-0.2, -0.15) is 0 Å². The third kappa shape index (κ3) is 10.3. The second kappa shape index (κ2) is 15.5. The van der Waals surface area contributed by atoms with Crippen LogP contribution in [0.15, 0.2) is 36.4 Å². The number of hydrogen-bond donors (Lipinski definition) is 4. The average Bonchev–Trinajstić information content (AvgIpc) is 3.14. The standard InChI is InChI=1S/C25H33ClN2O.C4H6O4/c26-24-11-8-21-12-15-27-16-13-23(21)25(24)28-18-20-6-9-22(10-7-20)29-17-14-19-4-2-1-3-5-19;5-3(6)1-2-4(7)8/h6-11,19,27-28H,1-5,12-18H2;1-2H2,(H,5,6)(H,7,8). The fraction of sp³-hybridized carbons (Fsp3) is 0.517. The number of benzene rings is 2. The zero-order valence-corrected chi connectivity index (χ0v) is 22.2. The molecule has 4 rings (SSSR count). The van der Waals surface area contributed by atoms with E-state index in [0.29, 0.717) is 0 Å². The molecule has 2 aliphatic rings. The van der Waals surface area contributed by atoms with E-state index in [0.717, 1.165) is 61.5 Å². The molecule has 1 heterocycles. The Labute approximate surface area is 224 Å². The van der Waals surface area contributed by atoms with E-state index in [9.17, 15) is 9.59 Å². The smallest absolute Gasteiger partial charge is 0.303 e. The largest absolute Gasteiger partial charge is 0.494 e. The van der Waals surface area contributed by atoms with Crippen molar-refractivity contribution in [3.05, 3.63) is 58.1 Å². The lowest BCUT2D eigenvalue weighted by Crippen LogP contribution is -2.16. The average molecular weight is 531 g/mol. The highest BCUT2D eigenvalue weighted by molar-refractivity contribution is 6.33. The van der Waals surface area contributed by atoms with Crippen molar-refractivity contribution >= 4 is 29.2 Å². The summed E-state index contributed by atoms with van der Waals surface area (Å²) in [6.07, 6.45) is 9.67. The first-order valence-corrected chi connectivity index (χ1v) is 13.7. The van der Waals surface area contributed by atoms with Crippen LogP contribution in [0.25, 0.3) is 0 Å². The quantitative estimate of drug-likeness (QED) is 0.301. The third-order valence-corrected chi connectivity index (χ3v) is 7.26. The molecule has 2 aromatic carbocycles. The lowest BCUT2D eigenvalue weighted by molar-refractivity contribution is -0.143. The first kappa shape index (κ1) is 28.8. The predicted molar refractivity (Wildman–Crippen MR) is 147 cm³/mol. The summed E-state index contributed by atoms with van der Waals surface area (Å²) >= 11 is 6.52. The highest BCUT2D eigenvalue weighted by atomic mass is 35.5. The van der Waals surface area contributed by atoms with Crippen molar-refractivity contribution in [1.29, 1.82) is 0 Å². The van der Waals surface area contributed by atoms with Gasteiger partial charge in [0.15, 0.2) is 0 Å². The lowest BCUT2D eigenvalue weighted by Gasteiger charge is -2.21. The zero-order valence-electron chi connectivity index (χ0n) is 21.4. The summed E-state index contributed by atoms with van der Waals surface area (Å²) in [6, 6.07) is 12.7. The second-order valence-corrected chi connectivity index (χ2v) is 10.1. The Morgan fingerprint density at radius 1 is 0.946 bits per heavy atom. The summed E-state index contributed by atoms with van der Waals surface area (Å²) in [5.41, 5.74) is 5.11. The van der Waals surface area contributed by atoms with E-state index in [1.54, 1.807) is 0 Å². The number of rotatable bonds is 10. The molecular weight excluding hydrogens is 492 g/mol. The number of carboxylic acids is 2. The molecule has 202 valence electrons. The van der Waals surface area contributed by atoms with Crippen molar-refractivity contribution in [2.75, 3.05) is 25.0 Å². The molecule has 0 saturated heterocycles. The predicted octanol–water partition coefficient (Wildman–Crippen LogP) is 5.93. The Bertz CT molecular complexity index is 992. The number of anilines is 1.